The number of nitrogens with two attached hydrogens (primary N) is 1. The molecule has 0 rings (SSSR count). The number of rotatable bonds is 3. The summed E-state index contributed by atoms with van der Waals surface area (Å²) < 4.78 is 0. The van der Waals surface area contributed by atoms with Crippen molar-refractivity contribution in [1.82, 2.24) is 4.90 Å². The van der Waals surface area contributed by atoms with Crippen LogP contribution in [0.4, 0.5) is 0 Å². The van der Waals surface area contributed by atoms with Crippen molar-refractivity contribution in [2.75, 3.05) is 14.1 Å². The molecule has 0 aliphatic carbocycles. The van der Waals surface area contributed by atoms with Crippen molar-refractivity contribution in [1.29, 1.82) is 0 Å². The first-order chi connectivity index (χ1) is 4.54. The molecule has 0 aromatic rings. The second-order valence-electron chi connectivity index (χ2n) is 2.50. The van der Waals surface area contributed by atoms with Crippen molar-refractivity contribution in [3.63, 3.8) is 0 Å². The largest absolute Gasteiger partial charge is 0.384 e. The van der Waals surface area contributed by atoms with Gasteiger partial charge in [-0.25, -0.2) is 0 Å². The molecule has 0 aromatic heterocycles. The average Bonchev–Trinajstić information content (AvgIpc) is 1.82. The molecule has 0 aromatic carbocycles. The number of hydrogen-bond donors (Lipinski definition) is 1. The van der Waals surface area contributed by atoms with Crippen molar-refractivity contribution < 1.29 is 4.79 Å². The number of amides is 1. The van der Waals surface area contributed by atoms with E-state index in [4.69, 9.17) is 5.73 Å². The molecule has 2 N–H and O–H groups in total. The van der Waals surface area contributed by atoms with E-state index in [0.717, 1.165) is 0 Å². The van der Waals surface area contributed by atoms with Crippen LogP contribution in [-0.2, 0) is 4.79 Å². The summed E-state index contributed by atoms with van der Waals surface area (Å²) in [5.41, 5.74) is 5.01. The second-order valence-corrected chi connectivity index (χ2v) is 2.50. The van der Waals surface area contributed by atoms with Crippen molar-refractivity contribution >= 4 is 5.91 Å². The van der Waals surface area contributed by atoms with Gasteiger partial charge in [0.15, 0.2) is 0 Å². The first-order valence-corrected chi connectivity index (χ1v) is 3.18. The van der Waals surface area contributed by atoms with Crippen molar-refractivity contribution in [2.24, 2.45) is 11.7 Å². The van der Waals surface area contributed by atoms with E-state index in [2.05, 4.69) is 0 Å². The molecule has 0 radical (unpaired) electrons. The van der Waals surface area contributed by atoms with Crippen molar-refractivity contribution in [2.45, 2.75) is 6.92 Å². The van der Waals surface area contributed by atoms with Gasteiger partial charge >= 0.3 is 0 Å². The molecule has 3 heteroatoms. The third kappa shape index (κ3) is 3.95. The predicted molar refractivity (Wildman–Crippen MR) is 41.2 cm³/mol. The van der Waals surface area contributed by atoms with Crippen LogP contribution in [0.25, 0.3) is 0 Å². The Labute approximate surface area is 61.5 Å². The van der Waals surface area contributed by atoms with Crippen LogP contribution in [0.1, 0.15) is 6.92 Å². The van der Waals surface area contributed by atoms with Gasteiger partial charge in [0.1, 0.15) is 0 Å². The van der Waals surface area contributed by atoms with Gasteiger partial charge in [-0.05, 0) is 6.20 Å². The molecule has 1 unspecified atom stereocenters. The molecule has 0 fully saturated rings. The average molecular weight is 142 g/mol. The Balaban J connectivity index is 3.77. The zero-order valence-corrected chi connectivity index (χ0v) is 6.66. The summed E-state index contributed by atoms with van der Waals surface area (Å²) in [6.07, 6.45) is 3.58. The van der Waals surface area contributed by atoms with Crippen LogP contribution < -0.4 is 5.73 Å². The highest BCUT2D eigenvalue weighted by Gasteiger charge is 2.01. The van der Waals surface area contributed by atoms with Crippen LogP contribution in [0, 0.1) is 5.92 Å². The minimum Gasteiger partial charge on any atom is -0.384 e. The Hall–Kier alpha value is -0.990. The summed E-state index contributed by atoms with van der Waals surface area (Å²) >= 11 is 0. The molecule has 0 aliphatic rings. The maximum atomic E-state index is 10.5. The summed E-state index contributed by atoms with van der Waals surface area (Å²) in [7, 11) is 3.79. The van der Waals surface area contributed by atoms with Gasteiger partial charge in [0.2, 0.25) is 5.91 Å². The lowest BCUT2D eigenvalue weighted by Crippen LogP contribution is -2.19. The number of carbonyl (C=O) groups is 1. The lowest BCUT2D eigenvalue weighted by atomic mass is 10.2. The number of hydrogen-bond acceptors (Lipinski definition) is 2. The zero-order chi connectivity index (χ0) is 8.15. The minimum absolute atomic E-state index is 0.178. The number of primary amides is 1. The normalized spacial score (nSPS) is 13.5. The van der Waals surface area contributed by atoms with Gasteiger partial charge in [-0.2, -0.15) is 0 Å². The lowest BCUT2D eigenvalue weighted by molar-refractivity contribution is -0.120. The third-order valence-electron chi connectivity index (χ3n) is 1.12. The lowest BCUT2D eigenvalue weighted by Gasteiger charge is -2.04. The highest BCUT2D eigenvalue weighted by Crippen LogP contribution is 1.94. The molecule has 0 bridgehead atoms. The molecule has 10 heavy (non-hydrogen) atoms. The molecular weight excluding hydrogens is 128 g/mol. The van der Waals surface area contributed by atoms with E-state index in [-0.39, 0.29) is 11.8 Å². The molecule has 1 atom stereocenters. The van der Waals surface area contributed by atoms with E-state index >= 15 is 0 Å². The van der Waals surface area contributed by atoms with Crippen LogP contribution in [0.2, 0.25) is 0 Å². The maximum Gasteiger partial charge on any atom is 0.224 e. The SMILES string of the molecule is CC(/C=C/N(C)C)C(N)=O. The molecule has 0 spiro atoms. The summed E-state index contributed by atoms with van der Waals surface area (Å²) in [6.45, 7) is 1.77. The molecule has 58 valence electrons. The first kappa shape index (κ1) is 9.01. The fourth-order valence-corrected chi connectivity index (χ4v) is 0.396. The monoisotopic (exact) mass is 142 g/mol. The Kier molecular flexibility index (Phi) is 3.54. The van der Waals surface area contributed by atoms with Crippen LogP contribution >= 0.6 is 0 Å². The second kappa shape index (κ2) is 3.93. The Morgan fingerprint density at radius 3 is 2.40 bits per heavy atom. The Morgan fingerprint density at radius 1 is 1.60 bits per heavy atom. The number of nitrogens with zero attached hydrogens (tertiary/aromatic N) is 1. The van der Waals surface area contributed by atoms with Crippen LogP contribution in [-0.4, -0.2) is 24.9 Å². The molecule has 0 saturated carbocycles. The molecule has 0 aliphatic heterocycles. The zero-order valence-electron chi connectivity index (χ0n) is 6.66. The van der Waals surface area contributed by atoms with Gasteiger partial charge in [0, 0.05) is 14.1 Å². The van der Waals surface area contributed by atoms with E-state index in [1.165, 1.54) is 0 Å². The summed E-state index contributed by atoms with van der Waals surface area (Å²) in [4.78, 5) is 12.3. The van der Waals surface area contributed by atoms with Crippen molar-refractivity contribution in [3.05, 3.63) is 12.3 Å². The van der Waals surface area contributed by atoms with E-state index in [0.29, 0.717) is 0 Å². The molecule has 0 heterocycles. The maximum absolute atomic E-state index is 10.5. The van der Waals surface area contributed by atoms with Gasteiger partial charge < -0.3 is 10.6 Å². The summed E-state index contributed by atoms with van der Waals surface area (Å²) in [5, 5.41) is 0. The Bertz CT molecular complexity index is 141. The van der Waals surface area contributed by atoms with E-state index < -0.39 is 0 Å². The quantitative estimate of drug-likeness (QED) is 0.611. The molecule has 3 nitrogen and oxygen atoms in total. The van der Waals surface area contributed by atoms with Gasteiger partial charge in [0.05, 0.1) is 5.92 Å². The molecule has 1 amide bonds. The fourth-order valence-electron chi connectivity index (χ4n) is 0.396. The first-order valence-electron chi connectivity index (χ1n) is 3.18. The topological polar surface area (TPSA) is 46.3 Å². The van der Waals surface area contributed by atoms with Gasteiger partial charge in [-0.15, -0.1) is 0 Å². The highest BCUT2D eigenvalue weighted by atomic mass is 16.1. The highest BCUT2D eigenvalue weighted by molar-refractivity contribution is 5.77. The standard InChI is InChI=1S/C7H14N2O/c1-6(7(8)10)4-5-9(2)3/h4-6H,1-3H3,(H2,8,10)/b5-4+. The predicted octanol–water partition coefficient (Wildman–Crippen LogP) is 0.183. The van der Waals surface area contributed by atoms with Gasteiger partial charge in [-0.1, -0.05) is 13.0 Å². The van der Waals surface area contributed by atoms with Crippen LogP contribution in [0.3, 0.4) is 0 Å². The third-order valence-corrected chi connectivity index (χ3v) is 1.12. The van der Waals surface area contributed by atoms with Crippen molar-refractivity contribution in [3.8, 4) is 0 Å². The smallest absolute Gasteiger partial charge is 0.224 e. The molecular formula is C7H14N2O. The fraction of sp³-hybridized carbons (Fsp3) is 0.571. The van der Waals surface area contributed by atoms with E-state index in [9.17, 15) is 4.79 Å². The minimum atomic E-state index is -0.293. The van der Waals surface area contributed by atoms with Crippen LogP contribution in [0.5, 0.6) is 0 Å². The van der Waals surface area contributed by atoms with Gasteiger partial charge in [0.25, 0.3) is 0 Å². The van der Waals surface area contributed by atoms with E-state index in [1.54, 1.807) is 13.0 Å². The van der Waals surface area contributed by atoms with Crippen LogP contribution in [0.15, 0.2) is 12.3 Å². The van der Waals surface area contributed by atoms with Gasteiger partial charge in [-0.3, -0.25) is 4.79 Å². The molecule has 0 saturated heterocycles. The summed E-state index contributed by atoms with van der Waals surface area (Å²) in [6, 6.07) is 0. The number of carbonyl (C=O) groups excluding carboxylic acids is 1. The Morgan fingerprint density at radius 2 is 2.10 bits per heavy atom. The summed E-state index contributed by atoms with van der Waals surface area (Å²) in [5.74, 6) is -0.472. The van der Waals surface area contributed by atoms with E-state index in [1.807, 2.05) is 25.2 Å².